The van der Waals surface area contributed by atoms with Crippen molar-refractivity contribution in [1.29, 1.82) is 0 Å². The maximum Gasteiger partial charge on any atom is 0.408 e. The maximum atomic E-state index is 14.0. The third kappa shape index (κ3) is 7.74. The molecule has 0 aromatic heterocycles. The fraction of sp³-hybridized carbons (Fsp3) is 0.667. The molecule has 1 aliphatic rings. The number of benzene rings is 1. The zero-order valence-corrected chi connectivity index (χ0v) is 22.5. The average Bonchev–Trinajstić information content (AvgIpc) is 3.47. The van der Waals surface area contributed by atoms with Gasteiger partial charge < -0.3 is 20.3 Å². The first-order valence-electron chi connectivity index (χ1n) is 12.2. The van der Waals surface area contributed by atoms with Crippen LogP contribution in [-0.4, -0.2) is 46.0 Å². The van der Waals surface area contributed by atoms with Crippen LogP contribution in [0, 0.1) is 19.8 Å². The Morgan fingerprint density at radius 3 is 2.03 bits per heavy atom. The van der Waals surface area contributed by atoms with E-state index in [4.69, 9.17) is 4.74 Å². The van der Waals surface area contributed by atoms with Crippen LogP contribution in [0.5, 0.6) is 0 Å². The van der Waals surface area contributed by atoms with Gasteiger partial charge in [0.25, 0.3) is 0 Å². The van der Waals surface area contributed by atoms with Crippen molar-refractivity contribution in [2.45, 2.75) is 111 Å². The van der Waals surface area contributed by atoms with E-state index in [1.54, 1.807) is 25.7 Å². The van der Waals surface area contributed by atoms with E-state index in [1.165, 1.54) is 0 Å². The maximum absolute atomic E-state index is 14.0. The summed E-state index contributed by atoms with van der Waals surface area (Å²) in [6.45, 7) is 18.9. The predicted molar refractivity (Wildman–Crippen MR) is 134 cm³/mol. The largest absolute Gasteiger partial charge is 0.444 e. The van der Waals surface area contributed by atoms with Crippen LogP contribution in [0.4, 0.5) is 4.79 Å². The van der Waals surface area contributed by atoms with Crippen LogP contribution in [0.25, 0.3) is 0 Å². The van der Waals surface area contributed by atoms with Gasteiger partial charge in [0.15, 0.2) is 0 Å². The van der Waals surface area contributed by atoms with Crippen LogP contribution in [0.15, 0.2) is 18.2 Å². The quantitative estimate of drug-likeness (QED) is 0.595. The number of amides is 3. The van der Waals surface area contributed by atoms with Crippen molar-refractivity contribution < 1.29 is 19.1 Å². The lowest BCUT2D eigenvalue weighted by Crippen LogP contribution is -2.56. The van der Waals surface area contributed by atoms with Crippen molar-refractivity contribution in [3.05, 3.63) is 34.9 Å². The van der Waals surface area contributed by atoms with Crippen LogP contribution in [0.2, 0.25) is 0 Å². The molecule has 34 heavy (non-hydrogen) atoms. The molecule has 190 valence electrons. The van der Waals surface area contributed by atoms with Crippen LogP contribution in [0.1, 0.15) is 91.0 Å². The van der Waals surface area contributed by atoms with Crippen LogP contribution >= 0.6 is 0 Å². The highest BCUT2D eigenvalue weighted by molar-refractivity contribution is 5.93. The van der Waals surface area contributed by atoms with Crippen molar-refractivity contribution in [3.8, 4) is 0 Å². The van der Waals surface area contributed by atoms with Crippen molar-refractivity contribution in [2.75, 3.05) is 0 Å². The highest BCUT2D eigenvalue weighted by atomic mass is 16.6. The van der Waals surface area contributed by atoms with Gasteiger partial charge in [-0.2, -0.15) is 0 Å². The molecule has 7 heteroatoms. The fourth-order valence-electron chi connectivity index (χ4n) is 3.79. The van der Waals surface area contributed by atoms with Crippen molar-refractivity contribution in [1.82, 2.24) is 15.5 Å². The minimum atomic E-state index is -0.813. The Morgan fingerprint density at radius 2 is 1.59 bits per heavy atom. The highest BCUT2D eigenvalue weighted by Crippen LogP contribution is 2.37. The number of hydrogen-bond acceptors (Lipinski definition) is 4. The van der Waals surface area contributed by atoms with E-state index in [1.807, 2.05) is 66.7 Å². The van der Waals surface area contributed by atoms with E-state index in [0.717, 1.165) is 29.5 Å². The first-order chi connectivity index (χ1) is 15.5. The summed E-state index contributed by atoms with van der Waals surface area (Å²) in [5.74, 6) is -0.682. The smallest absolute Gasteiger partial charge is 0.408 e. The molecule has 0 heterocycles. The second-order valence-electron chi connectivity index (χ2n) is 11.8. The summed E-state index contributed by atoms with van der Waals surface area (Å²) >= 11 is 0. The van der Waals surface area contributed by atoms with Gasteiger partial charge in [0.05, 0.1) is 0 Å². The standard InChI is InChI=1S/C27H43N3O4/c1-16(2)21(28-25(33)34-27(8,9)10)24(32)30(20-13-14-20)22(23(31)29-26(5,6)7)19-12-11-17(3)18(4)15-19/h11-12,15-16,20-22H,13-14H2,1-10H3,(H,28,33)(H,29,31). The molecule has 0 radical (unpaired) electrons. The van der Waals surface area contributed by atoms with Gasteiger partial charge >= 0.3 is 6.09 Å². The Kier molecular flexibility index (Phi) is 8.43. The van der Waals surface area contributed by atoms with Crippen LogP contribution in [-0.2, 0) is 14.3 Å². The summed E-state index contributed by atoms with van der Waals surface area (Å²) in [4.78, 5) is 41.8. The van der Waals surface area contributed by atoms with E-state index in [0.29, 0.717) is 0 Å². The van der Waals surface area contributed by atoms with Gasteiger partial charge in [0, 0.05) is 11.6 Å². The van der Waals surface area contributed by atoms with Gasteiger partial charge in [0.1, 0.15) is 17.7 Å². The molecular formula is C27H43N3O4. The lowest BCUT2D eigenvalue weighted by Gasteiger charge is -2.37. The number of ether oxygens (including phenoxy) is 1. The number of nitrogens with zero attached hydrogens (tertiary/aromatic N) is 1. The molecule has 2 rings (SSSR count). The van der Waals surface area contributed by atoms with Gasteiger partial charge in [-0.3, -0.25) is 9.59 Å². The molecule has 0 saturated heterocycles. The number of alkyl carbamates (subject to hydrolysis) is 1. The molecule has 0 aliphatic heterocycles. The summed E-state index contributed by atoms with van der Waals surface area (Å²) in [7, 11) is 0. The van der Waals surface area contributed by atoms with E-state index in [-0.39, 0.29) is 23.8 Å². The first kappa shape index (κ1) is 27.7. The summed E-state index contributed by atoms with van der Waals surface area (Å²) in [5, 5.41) is 5.83. The highest BCUT2D eigenvalue weighted by Gasteiger charge is 2.45. The molecule has 2 unspecified atom stereocenters. The third-order valence-electron chi connectivity index (χ3n) is 5.67. The number of nitrogens with one attached hydrogen (secondary N) is 2. The van der Waals surface area contributed by atoms with E-state index in [2.05, 4.69) is 10.6 Å². The molecule has 2 atom stereocenters. The third-order valence-corrected chi connectivity index (χ3v) is 5.67. The molecule has 0 bridgehead atoms. The second-order valence-corrected chi connectivity index (χ2v) is 11.8. The Hall–Kier alpha value is -2.57. The molecule has 2 N–H and O–H groups in total. The first-order valence-corrected chi connectivity index (χ1v) is 12.2. The Balaban J connectivity index is 2.48. The van der Waals surface area contributed by atoms with E-state index >= 15 is 0 Å². The van der Waals surface area contributed by atoms with Gasteiger partial charge in [0.2, 0.25) is 11.8 Å². The topological polar surface area (TPSA) is 87.7 Å². The monoisotopic (exact) mass is 473 g/mol. The lowest BCUT2D eigenvalue weighted by atomic mass is 9.95. The SMILES string of the molecule is Cc1ccc(C(C(=O)NC(C)(C)C)N(C(=O)C(NC(=O)OC(C)(C)C)C(C)C)C2CC2)cc1C. The Bertz CT molecular complexity index is 907. The number of aryl methyl sites for hydroxylation is 2. The Morgan fingerprint density at radius 1 is 1.00 bits per heavy atom. The van der Waals surface area contributed by atoms with Crippen molar-refractivity contribution in [3.63, 3.8) is 0 Å². The molecule has 1 fully saturated rings. The fourth-order valence-corrected chi connectivity index (χ4v) is 3.79. The van der Waals surface area contributed by atoms with Crippen molar-refractivity contribution in [2.24, 2.45) is 5.92 Å². The number of hydrogen-bond donors (Lipinski definition) is 2. The zero-order chi connectivity index (χ0) is 26.0. The average molecular weight is 474 g/mol. The zero-order valence-electron chi connectivity index (χ0n) is 22.5. The lowest BCUT2D eigenvalue weighted by molar-refractivity contribution is -0.144. The van der Waals surface area contributed by atoms with Crippen LogP contribution < -0.4 is 10.6 Å². The molecule has 1 aromatic rings. The Labute approximate surface area is 205 Å². The van der Waals surface area contributed by atoms with E-state index in [9.17, 15) is 14.4 Å². The number of rotatable bonds is 7. The molecule has 1 aliphatic carbocycles. The molecule has 0 spiro atoms. The molecular weight excluding hydrogens is 430 g/mol. The summed E-state index contributed by atoms with van der Waals surface area (Å²) in [6, 6.07) is 4.23. The number of carbonyl (C=O) groups is 3. The summed E-state index contributed by atoms with van der Waals surface area (Å²) in [5.41, 5.74) is 1.81. The molecule has 1 saturated carbocycles. The van der Waals surface area contributed by atoms with Gasteiger partial charge in [-0.15, -0.1) is 0 Å². The molecule has 3 amide bonds. The normalized spacial score (nSPS) is 16.0. The summed E-state index contributed by atoms with van der Waals surface area (Å²) in [6.07, 6.45) is 1.01. The molecule has 1 aromatic carbocycles. The van der Waals surface area contributed by atoms with Crippen molar-refractivity contribution >= 4 is 17.9 Å². The number of carbonyl (C=O) groups excluding carboxylic acids is 3. The predicted octanol–water partition coefficient (Wildman–Crippen LogP) is 4.80. The van der Waals surface area contributed by atoms with Gasteiger partial charge in [-0.05, 0) is 90.8 Å². The van der Waals surface area contributed by atoms with E-state index < -0.39 is 29.3 Å². The minimum Gasteiger partial charge on any atom is -0.444 e. The van der Waals surface area contributed by atoms with Crippen LogP contribution in [0.3, 0.4) is 0 Å². The second kappa shape index (κ2) is 10.4. The van der Waals surface area contributed by atoms with Gasteiger partial charge in [-0.1, -0.05) is 32.0 Å². The minimum absolute atomic E-state index is 0.0495. The summed E-state index contributed by atoms with van der Waals surface area (Å²) < 4.78 is 5.41. The van der Waals surface area contributed by atoms with Gasteiger partial charge in [-0.25, -0.2) is 4.79 Å². The molecule has 7 nitrogen and oxygen atoms in total.